The number of para-hydroxylation sites is 1. The zero-order valence-electron chi connectivity index (χ0n) is 33.5. The second kappa shape index (κ2) is 14.8. The van der Waals surface area contributed by atoms with Crippen molar-refractivity contribution in [3.63, 3.8) is 0 Å². The Labute approximate surface area is 360 Å². The molecule has 0 bridgehead atoms. The van der Waals surface area contributed by atoms with E-state index >= 15 is 0 Å². The highest BCUT2D eigenvalue weighted by atomic mass is 16.5. The molecule has 0 aliphatic carbocycles. The van der Waals surface area contributed by atoms with Crippen LogP contribution in [0.25, 0.3) is 110 Å². The summed E-state index contributed by atoms with van der Waals surface area (Å²) in [6.45, 7) is 0. The summed E-state index contributed by atoms with van der Waals surface area (Å²) >= 11 is 0. The van der Waals surface area contributed by atoms with Crippen molar-refractivity contribution in [1.29, 1.82) is 0 Å². The molecule has 6 heterocycles. The lowest BCUT2D eigenvalue weighted by atomic mass is 9.99. The standard InChI is InChI=1S/C55H32N6O2/c62-55(63-44-11-2-1-3-12-44)43-31-41(47-25-21-36-16-14-34-10-6-28-57-50(34)52(36)60-47)30-42(32-43)48-26-22-38-18-17-37-20-24-46(59-53(37)54(38)61-48)40-8-4-7-39(29-40)45-23-19-35-15-13-33-9-5-27-56-49(33)51(35)58-45/h1-32H. The fourth-order valence-corrected chi connectivity index (χ4v) is 8.39. The Balaban J connectivity index is 0.967. The molecule has 0 fully saturated rings. The third-order valence-corrected chi connectivity index (χ3v) is 11.6. The zero-order chi connectivity index (χ0) is 41.9. The number of esters is 1. The molecule has 0 amide bonds. The van der Waals surface area contributed by atoms with Crippen molar-refractivity contribution in [2.45, 2.75) is 0 Å². The van der Waals surface area contributed by atoms with Crippen LogP contribution >= 0.6 is 0 Å². The molecule has 6 aromatic heterocycles. The average Bonchev–Trinajstić information content (AvgIpc) is 3.35. The summed E-state index contributed by atoms with van der Waals surface area (Å²) < 4.78 is 5.86. The zero-order valence-corrected chi connectivity index (χ0v) is 33.5. The van der Waals surface area contributed by atoms with Crippen molar-refractivity contribution >= 4 is 71.4 Å². The highest BCUT2D eigenvalue weighted by Gasteiger charge is 2.17. The summed E-state index contributed by atoms with van der Waals surface area (Å²) in [4.78, 5) is 43.9. The maximum atomic E-state index is 13.9. The van der Waals surface area contributed by atoms with Crippen LogP contribution < -0.4 is 4.74 Å². The highest BCUT2D eigenvalue weighted by Crippen LogP contribution is 2.34. The maximum Gasteiger partial charge on any atom is 0.343 e. The van der Waals surface area contributed by atoms with E-state index < -0.39 is 5.97 Å². The predicted molar refractivity (Wildman–Crippen MR) is 251 cm³/mol. The van der Waals surface area contributed by atoms with E-state index in [4.69, 9.17) is 24.7 Å². The normalized spacial score (nSPS) is 11.6. The van der Waals surface area contributed by atoms with Gasteiger partial charge in [-0.05, 0) is 72.8 Å². The summed E-state index contributed by atoms with van der Waals surface area (Å²) in [5.74, 6) is -0.0288. The lowest BCUT2D eigenvalue weighted by molar-refractivity contribution is 0.0735. The lowest BCUT2D eigenvalue weighted by Gasteiger charge is -2.12. The van der Waals surface area contributed by atoms with Crippen LogP contribution in [0.3, 0.4) is 0 Å². The van der Waals surface area contributed by atoms with Gasteiger partial charge in [0.2, 0.25) is 0 Å². The Kier molecular flexibility index (Phi) is 8.46. The molecule has 12 aromatic rings. The van der Waals surface area contributed by atoms with Gasteiger partial charge in [-0.25, -0.2) is 24.7 Å². The molecular formula is C55H32N6O2. The molecule has 63 heavy (non-hydrogen) atoms. The van der Waals surface area contributed by atoms with Crippen molar-refractivity contribution in [1.82, 2.24) is 29.9 Å². The molecule has 0 spiro atoms. The summed E-state index contributed by atoms with van der Waals surface area (Å²) in [5, 5.41) is 5.98. The molecule has 8 heteroatoms. The number of ether oxygens (including phenoxy) is 1. The minimum atomic E-state index is -0.485. The van der Waals surface area contributed by atoms with Crippen LogP contribution in [0.1, 0.15) is 10.4 Å². The number of hydrogen-bond acceptors (Lipinski definition) is 8. The van der Waals surface area contributed by atoms with E-state index in [0.29, 0.717) is 22.7 Å². The number of carbonyl (C=O) groups excluding carboxylic acids is 1. The number of aromatic nitrogens is 6. The molecule has 294 valence electrons. The van der Waals surface area contributed by atoms with Crippen LogP contribution in [-0.4, -0.2) is 35.9 Å². The average molecular weight is 809 g/mol. The molecule has 12 rings (SSSR count). The number of carbonyl (C=O) groups is 1. The fourth-order valence-electron chi connectivity index (χ4n) is 8.39. The maximum absolute atomic E-state index is 13.9. The van der Waals surface area contributed by atoms with Crippen LogP contribution in [0.5, 0.6) is 5.75 Å². The van der Waals surface area contributed by atoms with E-state index in [1.165, 1.54) is 0 Å². The molecule has 6 aromatic carbocycles. The van der Waals surface area contributed by atoms with Crippen molar-refractivity contribution in [2.75, 3.05) is 0 Å². The van der Waals surface area contributed by atoms with E-state index in [2.05, 4.69) is 94.9 Å². The van der Waals surface area contributed by atoms with Gasteiger partial charge in [0.1, 0.15) is 5.75 Å². The van der Waals surface area contributed by atoms with Gasteiger partial charge < -0.3 is 4.74 Å². The molecular weight excluding hydrogens is 777 g/mol. The van der Waals surface area contributed by atoms with E-state index in [0.717, 1.165) is 99.1 Å². The van der Waals surface area contributed by atoms with E-state index in [1.807, 2.05) is 91.1 Å². The second-order valence-corrected chi connectivity index (χ2v) is 15.5. The quantitative estimate of drug-likeness (QED) is 0.0929. The van der Waals surface area contributed by atoms with Crippen molar-refractivity contribution in [3.8, 4) is 50.8 Å². The Morgan fingerprint density at radius 2 is 0.714 bits per heavy atom. The Morgan fingerprint density at radius 1 is 0.333 bits per heavy atom. The molecule has 0 radical (unpaired) electrons. The second-order valence-electron chi connectivity index (χ2n) is 15.5. The Hall–Kier alpha value is -8.75. The van der Waals surface area contributed by atoms with Crippen LogP contribution in [0.4, 0.5) is 0 Å². The van der Waals surface area contributed by atoms with E-state index in [9.17, 15) is 4.79 Å². The third kappa shape index (κ3) is 6.54. The van der Waals surface area contributed by atoms with E-state index in [1.54, 1.807) is 18.3 Å². The summed E-state index contributed by atoms with van der Waals surface area (Å²) in [6.07, 6.45) is 3.59. The van der Waals surface area contributed by atoms with Gasteiger partial charge >= 0.3 is 5.97 Å². The number of rotatable bonds is 6. The molecule has 0 atom stereocenters. The first-order valence-corrected chi connectivity index (χ1v) is 20.6. The first-order valence-electron chi connectivity index (χ1n) is 20.6. The van der Waals surface area contributed by atoms with Crippen molar-refractivity contribution < 1.29 is 9.53 Å². The number of nitrogens with zero attached hydrogens (tertiary/aromatic N) is 6. The summed E-state index contributed by atoms with van der Waals surface area (Å²) in [7, 11) is 0. The number of benzene rings is 6. The molecule has 0 saturated heterocycles. The van der Waals surface area contributed by atoms with Gasteiger partial charge in [0.25, 0.3) is 0 Å². The molecule has 0 aliphatic rings. The highest BCUT2D eigenvalue weighted by molar-refractivity contribution is 6.06. The molecule has 0 N–H and O–H groups in total. The van der Waals surface area contributed by atoms with Crippen LogP contribution in [-0.2, 0) is 0 Å². The van der Waals surface area contributed by atoms with Gasteiger partial charge in [0.15, 0.2) is 0 Å². The van der Waals surface area contributed by atoms with Gasteiger partial charge in [-0.1, -0.05) is 109 Å². The van der Waals surface area contributed by atoms with Gasteiger partial charge in [0.05, 0.1) is 61.4 Å². The summed E-state index contributed by atoms with van der Waals surface area (Å²) in [5.41, 5.74) is 11.7. The van der Waals surface area contributed by atoms with Crippen LogP contribution in [0, 0.1) is 0 Å². The van der Waals surface area contributed by atoms with Crippen molar-refractivity contribution in [3.05, 3.63) is 200 Å². The lowest BCUT2D eigenvalue weighted by Crippen LogP contribution is -2.09. The first-order chi connectivity index (χ1) is 31.1. The fraction of sp³-hybridized carbons (Fsp3) is 0. The molecule has 0 unspecified atom stereocenters. The Bertz CT molecular complexity index is 3820. The molecule has 8 nitrogen and oxygen atoms in total. The van der Waals surface area contributed by atoms with E-state index in [-0.39, 0.29) is 0 Å². The SMILES string of the molecule is O=C(Oc1ccccc1)c1cc(-c2ccc3ccc4cccnc4c3n2)cc(-c2ccc3ccc4ccc(-c5cccc(-c6ccc7ccc8cccnc8c7n6)c5)nc4c3n2)c1. The predicted octanol–water partition coefficient (Wildman–Crippen LogP) is 12.9. The topological polar surface area (TPSA) is 104 Å². The number of fused-ring (bicyclic) bond motifs is 9. The number of hydrogen-bond donors (Lipinski definition) is 0. The smallest absolute Gasteiger partial charge is 0.343 e. The van der Waals surface area contributed by atoms with Crippen LogP contribution in [0.2, 0.25) is 0 Å². The first kappa shape index (κ1) is 36.1. The molecule has 0 aliphatic heterocycles. The monoisotopic (exact) mass is 808 g/mol. The van der Waals surface area contributed by atoms with Gasteiger partial charge in [0, 0.05) is 67.0 Å². The number of pyridine rings is 6. The van der Waals surface area contributed by atoms with Gasteiger partial charge in [-0.2, -0.15) is 0 Å². The van der Waals surface area contributed by atoms with Gasteiger partial charge in [-0.15, -0.1) is 0 Å². The third-order valence-electron chi connectivity index (χ3n) is 11.6. The largest absolute Gasteiger partial charge is 0.423 e. The van der Waals surface area contributed by atoms with Crippen molar-refractivity contribution in [2.24, 2.45) is 0 Å². The Morgan fingerprint density at radius 3 is 1.17 bits per heavy atom. The van der Waals surface area contributed by atoms with Gasteiger partial charge in [-0.3, -0.25) is 9.97 Å². The summed E-state index contributed by atoms with van der Waals surface area (Å²) in [6, 6.07) is 59.8. The minimum absolute atomic E-state index is 0.370. The minimum Gasteiger partial charge on any atom is -0.423 e. The van der Waals surface area contributed by atoms with Crippen LogP contribution in [0.15, 0.2) is 194 Å². The molecule has 0 saturated carbocycles.